The molecule has 0 aliphatic carbocycles. The molecule has 2 heterocycles. The number of thioether (sulfide) groups is 1. The number of sulfonamides is 1. The van der Waals surface area contributed by atoms with Crippen molar-refractivity contribution in [1.82, 2.24) is 14.5 Å². The highest BCUT2D eigenvalue weighted by atomic mass is 32.2. The van der Waals surface area contributed by atoms with E-state index >= 15 is 0 Å². The van der Waals surface area contributed by atoms with Gasteiger partial charge in [0.1, 0.15) is 0 Å². The second-order valence-corrected chi connectivity index (χ2v) is 11.1. The molecule has 31 heavy (non-hydrogen) atoms. The lowest BCUT2D eigenvalue weighted by Crippen LogP contribution is -2.37. The number of aromatic nitrogens is 2. The standard InChI is InChI=1S/C19H27N5O4S3/c1-4-24(5-2)31(26,27)14-7-8-16(23-9-11-28-12-10-23)15(13-14)17(25)20-18-21-22-19(30-18)29-6-3/h7-8,13H,4-6,9-12H2,1-3H3,(H,20,21,25). The summed E-state index contributed by atoms with van der Waals surface area (Å²) in [6.07, 6.45) is 0. The number of hydrogen-bond acceptors (Lipinski definition) is 9. The molecule has 0 unspecified atom stereocenters. The van der Waals surface area contributed by atoms with Crippen molar-refractivity contribution < 1.29 is 17.9 Å². The van der Waals surface area contributed by atoms with Crippen LogP contribution in [0.3, 0.4) is 0 Å². The van der Waals surface area contributed by atoms with Crippen LogP contribution >= 0.6 is 23.1 Å². The van der Waals surface area contributed by atoms with Crippen LogP contribution in [0.1, 0.15) is 31.1 Å². The van der Waals surface area contributed by atoms with Gasteiger partial charge in [0, 0.05) is 31.9 Å². The number of carbonyl (C=O) groups is 1. The van der Waals surface area contributed by atoms with Gasteiger partial charge in [-0.15, -0.1) is 10.2 Å². The molecule has 1 aliphatic rings. The lowest BCUT2D eigenvalue weighted by molar-refractivity contribution is 0.102. The number of nitrogens with zero attached hydrogens (tertiary/aromatic N) is 4. The Labute approximate surface area is 191 Å². The minimum atomic E-state index is -3.70. The summed E-state index contributed by atoms with van der Waals surface area (Å²) in [5.41, 5.74) is 0.960. The highest BCUT2D eigenvalue weighted by molar-refractivity contribution is 8.01. The van der Waals surface area contributed by atoms with E-state index in [-0.39, 0.29) is 10.5 Å². The van der Waals surface area contributed by atoms with E-state index in [1.54, 1.807) is 37.7 Å². The molecule has 1 fully saturated rings. The first-order valence-corrected chi connectivity index (χ1v) is 13.4. The molecular weight excluding hydrogens is 458 g/mol. The van der Waals surface area contributed by atoms with Crippen molar-refractivity contribution in [3.05, 3.63) is 23.8 Å². The third kappa shape index (κ3) is 5.55. The van der Waals surface area contributed by atoms with Gasteiger partial charge < -0.3 is 9.64 Å². The minimum Gasteiger partial charge on any atom is -0.378 e. The van der Waals surface area contributed by atoms with Crippen molar-refractivity contribution >= 4 is 49.8 Å². The van der Waals surface area contributed by atoms with Gasteiger partial charge in [-0.1, -0.05) is 43.9 Å². The molecular formula is C19H27N5O4S3. The van der Waals surface area contributed by atoms with Gasteiger partial charge in [-0.05, 0) is 24.0 Å². The van der Waals surface area contributed by atoms with E-state index in [9.17, 15) is 13.2 Å². The van der Waals surface area contributed by atoms with Crippen molar-refractivity contribution in [2.75, 3.05) is 55.4 Å². The number of hydrogen-bond donors (Lipinski definition) is 1. The molecule has 0 radical (unpaired) electrons. The van der Waals surface area contributed by atoms with Crippen LogP contribution in [0.25, 0.3) is 0 Å². The van der Waals surface area contributed by atoms with Gasteiger partial charge in [-0.3, -0.25) is 10.1 Å². The van der Waals surface area contributed by atoms with Gasteiger partial charge in [0.15, 0.2) is 4.34 Å². The Morgan fingerprint density at radius 3 is 2.58 bits per heavy atom. The number of ether oxygens (including phenoxy) is 1. The number of carbonyl (C=O) groups excluding carboxylic acids is 1. The van der Waals surface area contributed by atoms with E-state index < -0.39 is 15.9 Å². The maximum absolute atomic E-state index is 13.2. The lowest BCUT2D eigenvalue weighted by Gasteiger charge is -2.30. The van der Waals surface area contributed by atoms with Crippen molar-refractivity contribution in [3.63, 3.8) is 0 Å². The predicted octanol–water partition coefficient (Wildman–Crippen LogP) is 2.77. The van der Waals surface area contributed by atoms with Crippen molar-refractivity contribution in [1.29, 1.82) is 0 Å². The van der Waals surface area contributed by atoms with Crippen LogP contribution in [-0.2, 0) is 14.8 Å². The van der Waals surface area contributed by atoms with Crippen LogP contribution in [0.15, 0.2) is 27.4 Å². The second-order valence-electron chi connectivity index (χ2n) is 6.63. The van der Waals surface area contributed by atoms with Crippen LogP contribution in [0.5, 0.6) is 0 Å². The van der Waals surface area contributed by atoms with Gasteiger partial charge in [-0.2, -0.15) is 4.31 Å². The summed E-state index contributed by atoms with van der Waals surface area (Å²) in [4.78, 5) is 15.3. The third-order valence-corrected chi connectivity index (χ3v) is 8.70. The Bertz CT molecular complexity index is 1000. The van der Waals surface area contributed by atoms with E-state index in [0.717, 1.165) is 10.1 Å². The first-order chi connectivity index (χ1) is 14.9. The topological polar surface area (TPSA) is 105 Å². The number of morpholine rings is 1. The van der Waals surface area contributed by atoms with Crippen LogP contribution in [-0.4, -0.2) is 74.0 Å². The van der Waals surface area contributed by atoms with E-state index in [1.165, 1.54) is 21.7 Å². The zero-order valence-corrected chi connectivity index (χ0v) is 20.3. The fourth-order valence-electron chi connectivity index (χ4n) is 3.26. The summed E-state index contributed by atoms with van der Waals surface area (Å²) in [6.45, 7) is 8.65. The molecule has 9 nitrogen and oxygen atoms in total. The maximum atomic E-state index is 13.2. The van der Waals surface area contributed by atoms with Gasteiger partial charge in [-0.25, -0.2) is 8.42 Å². The smallest absolute Gasteiger partial charge is 0.259 e. The number of rotatable bonds is 9. The Morgan fingerprint density at radius 2 is 1.94 bits per heavy atom. The van der Waals surface area contributed by atoms with E-state index in [2.05, 4.69) is 15.5 Å². The Morgan fingerprint density at radius 1 is 1.23 bits per heavy atom. The fraction of sp³-hybridized carbons (Fsp3) is 0.526. The largest absolute Gasteiger partial charge is 0.378 e. The zero-order valence-electron chi connectivity index (χ0n) is 17.8. The summed E-state index contributed by atoms with van der Waals surface area (Å²) < 4.78 is 33.6. The van der Waals surface area contributed by atoms with Gasteiger partial charge in [0.25, 0.3) is 5.91 Å². The molecule has 0 bridgehead atoms. The Hall–Kier alpha value is -1.73. The van der Waals surface area contributed by atoms with Crippen molar-refractivity contribution in [2.24, 2.45) is 0 Å². The number of anilines is 2. The molecule has 170 valence electrons. The summed E-state index contributed by atoms with van der Waals surface area (Å²) in [5.74, 6) is 0.442. The fourth-order valence-corrected chi connectivity index (χ4v) is 6.39. The SMILES string of the molecule is CCSc1nnc(NC(=O)c2cc(S(=O)(=O)N(CC)CC)ccc2N2CCOCC2)s1. The molecule has 1 aromatic heterocycles. The van der Waals surface area contributed by atoms with Crippen LogP contribution in [0.4, 0.5) is 10.8 Å². The quantitative estimate of drug-likeness (QED) is 0.427. The summed E-state index contributed by atoms with van der Waals surface area (Å²) in [5, 5.41) is 11.2. The number of nitrogens with one attached hydrogen (secondary N) is 1. The molecule has 1 aliphatic heterocycles. The molecule has 1 amide bonds. The van der Waals surface area contributed by atoms with Gasteiger partial charge in [0.05, 0.1) is 23.7 Å². The molecule has 1 aromatic carbocycles. The summed E-state index contributed by atoms with van der Waals surface area (Å²) >= 11 is 2.84. The highest BCUT2D eigenvalue weighted by Crippen LogP contribution is 2.29. The van der Waals surface area contributed by atoms with Crippen LogP contribution < -0.4 is 10.2 Å². The average Bonchev–Trinajstić information content (AvgIpc) is 3.21. The third-order valence-electron chi connectivity index (χ3n) is 4.80. The molecule has 0 spiro atoms. The summed E-state index contributed by atoms with van der Waals surface area (Å²) in [6, 6.07) is 4.72. The molecule has 1 N–H and O–H groups in total. The zero-order chi connectivity index (χ0) is 22.4. The monoisotopic (exact) mass is 485 g/mol. The molecule has 3 rings (SSSR count). The van der Waals surface area contributed by atoms with Crippen LogP contribution in [0, 0.1) is 0 Å². The van der Waals surface area contributed by atoms with Crippen LogP contribution in [0.2, 0.25) is 0 Å². The van der Waals surface area contributed by atoms with E-state index in [1.807, 2.05) is 11.8 Å². The number of amides is 1. The summed E-state index contributed by atoms with van der Waals surface area (Å²) in [7, 11) is -3.70. The normalized spacial score (nSPS) is 14.8. The van der Waals surface area contributed by atoms with Gasteiger partial charge >= 0.3 is 0 Å². The molecule has 12 heteroatoms. The molecule has 1 saturated heterocycles. The lowest BCUT2D eigenvalue weighted by atomic mass is 10.1. The van der Waals surface area contributed by atoms with E-state index in [4.69, 9.17) is 4.74 Å². The Kier molecular flexibility index (Phi) is 8.28. The molecule has 2 aromatic rings. The number of benzene rings is 1. The predicted molar refractivity (Wildman–Crippen MR) is 124 cm³/mol. The first-order valence-electron chi connectivity index (χ1n) is 10.1. The van der Waals surface area contributed by atoms with Crippen molar-refractivity contribution in [2.45, 2.75) is 30.0 Å². The maximum Gasteiger partial charge on any atom is 0.259 e. The Balaban J connectivity index is 1.97. The second kappa shape index (κ2) is 10.7. The van der Waals surface area contributed by atoms with Crippen molar-refractivity contribution in [3.8, 4) is 0 Å². The van der Waals surface area contributed by atoms with Gasteiger partial charge in [0.2, 0.25) is 15.2 Å². The first kappa shape index (κ1) is 23.9. The highest BCUT2D eigenvalue weighted by Gasteiger charge is 2.26. The van der Waals surface area contributed by atoms with E-state index in [0.29, 0.717) is 50.2 Å². The minimum absolute atomic E-state index is 0.0952. The molecule has 0 atom stereocenters. The molecule has 0 saturated carbocycles. The average molecular weight is 486 g/mol.